The van der Waals surface area contributed by atoms with E-state index in [1.807, 2.05) is 12.1 Å². The molecule has 4 nitrogen and oxygen atoms in total. The summed E-state index contributed by atoms with van der Waals surface area (Å²) in [6, 6.07) is 7.19. The summed E-state index contributed by atoms with van der Waals surface area (Å²) < 4.78 is 27.4. The molecule has 5 heteroatoms. The predicted molar refractivity (Wildman–Crippen MR) is 70.2 cm³/mol. The predicted octanol–water partition coefficient (Wildman–Crippen LogP) is 0.844. The molecule has 0 aromatic heterocycles. The molecule has 0 saturated carbocycles. The Balaban J connectivity index is 2.57. The van der Waals surface area contributed by atoms with Crippen LogP contribution in [-0.4, -0.2) is 38.7 Å². The van der Waals surface area contributed by atoms with Crippen LogP contribution in [0.5, 0.6) is 5.75 Å². The number of rotatable bonds is 5. The molecule has 0 amide bonds. The highest BCUT2D eigenvalue weighted by atomic mass is 32.2. The highest BCUT2D eigenvalue weighted by Gasteiger charge is 2.03. The lowest BCUT2D eigenvalue weighted by atomic mass is 10.2. The van der Waals surface area contributed by atoms with E-state index in [0.29, 0.717) is 24.3 Å². The summed E-state index contributed by atoms with van der Waals surface area (Å²) in [6.07, 6.45) is 1.65. The number of ether oxygens (including phenoxy) is 1. The monoisotopic (exact) mass is 268 g/mol. The molecule has 0 aliphatic rings. The highest BCUT2D eigenvalue weighted by molar-refractivity contribution is 7.90. The summed E-state index contributed by atoms with van der Waals surface area (Å²) in [6.45, 7) is 0.118. The van der Waals surface area contributed by atoms with E-state index in [9.17, 15) is 8.42 Å². The molecule has 0 spiro atoms. The summed E-state index contributed by atoms with van der Waals surface area (Å²) in [4.78, 5) is 0. The van der Waals surface area contributed by atoms with Crippen LogP contribution < -0.4 is 4.74 Å². The molecule has 0 aliphatic heterocycles. The summed E-state index contributed by atoms with van der Waals surface area (Å²) in [7, 11) is -2.94. The van der Waals surface area contributed by atoms with Crippen LogP contribution in [0.2, 0.25) is 0 Å². The second-order valence-corrected chi connectivity index (χ2v) is 6.05. The first kappa shape index (κ1) is 14.6. The standard InChI is InChI=1S/C13H16O4S/c1-18(15,16)11-5-10-17-13-8-3-2-6-12(13)7-4-9-14/h2-3,6,8,14H,5,9-11H2,1H3. The minimum absolute atomic E-state index is 0.109. The van der Waals surface area contributed by atoms with E-state index in [0.717, 1.165) is 0 Å². The first-order valence-electron chi connectivity index (χ1n) is 5.52. The molecule has 1 aromatic rings. The van der Waals surface area contributed by atoms with Gasteiger partial charge in [-0.2, -0.15) is 0 Å². The molecule has 0 atom stereocenters. The second kappa shape index (κ2) is 7.04. The van der Waals surface area contributed by atoms with Gasteiger partial charge in [0.1, 0.15) is 22.2 Å². The molecule has 0 aliphatic carbocycles. The van der Waals surface area contributed by atoms with Crippen molar-refractivity contribution in [1.82, 2.24) is 0 Å². The van der Waals surface area contributed by atoms with Gasteiger partial charge < -0.3 is 9.84 Å². The van der Waals surface area contributed by atoms with Gasteiger partial charge in [-0.1, -0.05) is 24.0 Å². The van der Waals surface area contributed by atoms with Gasteiger partial charge in [-0.25, -0.2) is 8.42 Å². The molecule has 0 radical (unpaired) electrons. The van der Waals surface area contributed by atoms with Crippen molar-refractivity contribution in [1.29, 1.82) is 0 Å². The van der Waals surface area contributed by atoms with E-state index >= 15 is 0 Å². The van der Waals surface area contributed by atoms with Crippen LogP contribution in [0.1, 0.15) is 12.0 Å². The van der Waals surface area contributed by atoms with Crippen molar-refractivity contribution in [3.63, 3.8) is 0 Å². The van der Waals surface area contributed by atoms with Crippen LogP contribution >= 0.6 is 0 Å². The van der Waals surface area contributed by atoms with Gasteiger partial charge >= 0.3 is 0 Å². The largest absolute Gasteiger partial charge is 0.492 e. The maximum Gasteiger partial charge on any atom is 0.147 e. The molecule has 0 heterocycles. The van der Waals surface area contributed by atoms with Crippen molar-refractivity contribution in [3.05, 3.63) is 29.8 Å². The number of benzene rings is 1. The lowest BCUT2D eigenvalue weighted by Gasteiger charge is -2.07. The Bertz CT molecular complexity index is 538. The zero-order valence-electron chi connectivity index (χ0n) is 10.2. The van der Waals surface area contributed by atoms with Crippen molar-refractivity contribution >= 4 is 9.84 Å². The smallest absolute Gasteiger partial charge is 0.147 e. The van der Waals surface area contributed by atoms with Gasteiger partial charge in [0.05, 0.1) is 17.9 Å². The minimum Gasteiger partial charge on any atom is -0.492 e. The molecular formula is C13H16O4S. The van der Waals surface area contributed by atoms with Crippen molar-refractivity contribution in [2.24, 2.45) is 0 Å². The topological polar surface area (TPSA) is 63.6 Å². The maximum absolute atomic E-state index is 10.9. The maximum atomic E-state index is 10.9. The van der Waals surface area contributed by atoms with E-state index in [1.165, 1.54) is 6.26 Å². The third kappa shape index (κ3) is 5.71. The van der Waals surface area contributed by atoms with Crippen molar-refractivity contribution in [2.75, 3.05) is 25.2 Å². The molecular weight excluding hydrogens is 252 g/mol. The van der Waals surface area contributed by atoms with Gasteiger partial charge in [-0.3, -0.25) is 0 Å². The molecule has 0 bridgehead atoms. The Hall–Kier alpha value is -1.51. The van der Waals surface area contributed by atoms with E-state index in [1.54, 1.807) is 12.1 Å². The summed E-state index contributed by atoms with van der Waals surface area (Å²) in [5.41, 5.74) is 0.686. The lowest BCUT2D eigenvalue weighted by Crippen LogP contribution is -2.08. The van der Waals surface area contributed by atoms with Gasteiger partial charge in [0.15, 0.2) is 0 Å². The number of sulfone groups is 1. The Kier molecular flexibility index (Phi) is 5.69. The number of hydrogen-bond acceptors (Lipinski definition) is 4. The number of aliphatic hydroxyl groups is 1. The fraction of sp³-hybridized carbons (Fsp3) is 0.385. The normalized spacial score (nSPS) is 10.6. The van der Waals surface area contributed by atoms with Crippen LogP contribution in [0.3, 0.4) is 0 Å². The van der Waals surface area contributed by atoms with E-state index in [2.05, 4.69) is 11.8 Å². The molecule has 1 rings (SSSR count). The second-order valence-electron chi connectivity index (χ2n) is 3.79. The fourth-order valence-electron chi connectivity index (χ4n) is 1.33. The lowest BCUT2D eigenvalue weighted by molar-refractivity contribution is 0.317. The van der Waals surface area contributed by atoms with E-state index < -0.39 is 9.84 Å². The van der Waals surface area contributed by atoms with Gasteiger partial charge in [-0.15, -0.1) is 0 Å². The summed E-state index contributed by atoms with van der Waals surface area (Å²) >= 11 is 0. The minimum atomic E-state index is -2.94. The third-order valence-electron chi connectivity index (χ3n) is 2.11. The number of aliphatic hydroxyl groups excluding tert-OH is 1. The molecule has 18 heavy (non-hydrogen) atoms. The Morgan fingerprint density at radius 1 is 1.33 bits per heavy atom. The van der Waals surface area contributed by atoms with E-state index in [4.69, 9.17) is 9.84 Å². The van der Waals surface area contributed by atoms with Gasteiger partial charge in [-0.05, 0) is 18.6 Å². The van der Waals surface area contributed by atoms with E-state index in [-0.39, 0.29) is 12.4 Å². The van der Waals surface area contributed by atoms with Gasteiger partial charge in [0.2, 0.25) is 0 Å². The highest BCUT2D eigenvalue weighted by Crippen LogP contribution is 2.16. The van der Waals surface area contributed by atoms with Gasteiger partial charge in [0, 0.05) is 6.26 Å². The molecule has 1 N–H and O–H groups in total. The Morgan fingerprint density at radius 2 is 2.06 bits per heavy atom. The van der Waals surface area contributed by atoms with Crippen LogP contribution in [0.4, 0.5) is 0 Å². The number of para-hydroxylation sites is 1. The van der Waals surface area contributed by atoms with Crippen LogP contribution in [0.15, 0.2) is 24.3 Å². The molecule has 0 unspecified atom stereocenters. The van der Waals surface area contributed by atoms with Crippen LogP contribution in [-0.2, 0) is 9.84 Å². The summed E-state index contributed by atoms with van der Waals surface area (Å²) in [5, 5.41) is 8.64. The third-order valence-corrected chi connectivity index (χ3v) is 3.14. The van der Waals surface area contributed by atoms with Crippen molar-refractivity contribution in [3.8, 4) is 17.6 Å². The quantitative estimate of drug-likeness (QED) is 0.635. The number of hydrogen-bond donors (Lipinski definition) is 1. The fourth-order valence-corrected chi connectivity index (χ4v) is 1.98. The van der Waals surface area contributed by atoms with Gasteiger partial charge in [0.25, 0.3) is 0 Å². The molecule has 0 fully saturated rings. The molecule has 98 valence electrons. The first-order valence-corrected chi connectivity index (χ1v) is 7.58. The zero-order chi connectivity index (χ0) is 13.4. The van der Waals surface area contributed by atoms with Crippen LogP contribution in [0.25, 0.3) is 0 Å². The average Bonchev–Trinajstić information content (AvgIpc) is 2.32. The summed E-state index contributed by atoms with van der Waals surface area (Å²) in [5.74, 6) is 6.04. The SMILES string of the molecule is CS(=O)(=O)CCCOc1ccccc1C#CCO. The van der Waals surface area contributed by atoms with Crippen molar-refractivity contribution in [2.45, 2.75) is 6.42 Å². The first-order chi connectivity index (χ1) is 8.53. The Morgan fingerprint density at radius 3 is 2.72 bits per heavy atom. The van der Waals surface area contributed by atoms with Crippen LogP contribution in [0, 0.1) is 11.8 Å². The van der Waals surface area contributed by atoms with Crippen molar-refractivity contribution < 1.29 is 18.3 Å². The average molecular weight is 268 g/mol. The molecule has 0 saturated heterocycles. The Labute approximate surface area is 108 Å². The molecule has 1 aromatic carbocycles. The zero-order valence-corrected chi connectivity index (χ0v) is 11.0.